The molecule has 3 nitrogen and oxygen atoms in total. The Labute approximate surface area is 127 Å². The Morgan fingerprint density at radius 2 is 1.90 bits per heavy atom. The molecule has 0 saturated carbocycles. The zero-order chi connectivity index (χ0) is 14.9. The standard InChI is InChI=1S/C14H10F2INO2/c1-7-11(5-4-10(17)13(7)16)18-12-6-8(15)2-3-9(12)14(19)20/h2-6,18H,1H3,(H,19,20). The van der Waals surface area contributed by atoms with E-state index in [1.165, 1.54) is 6.07 Å². The van der Waals surface area contributed by atoms with Crippen molar-refractivity contribution >= 4 is 39.9 Å². The first kappa shape index (κ1) is 14.7. The average molecular weight is 389 g/mol. The molecule has 0 atom stereocenters. The number of rotatable bonds is 3. The van der Waals surface area contributed by atoms with Crippen LogP contribution in [0.1, 0.15) is 15.9 Å². The van der Waals surface area contributed by atoms with Gasteiger partial charge >= 0.3 is 5.97 Å². The number of carboxylic acids is 1. The number of carbonyl (C=O) groups is 1. The second-order valence-electron chi connectivity index (χ2n) is 4.15. The highest BCUT2D eigenvalue weighted by Crippen LogP contribution is 2.27. The van der Waals surface area contributed by atoms with E-state index in [9.17, 15) is 13.6 Å². The minimum atomic E-state index is -1.18. The van der Waals surface area contributed by atoms with Gasteiger partial charge in [0.1, 0.15) is 11.6 Å². The molecule has 104 valence electrons. The molecule has 0 bridgehead atoms. The van der Waals surface area contributed by atoms with Gasteiger partial charge in [-0.15, -0.1) is 0 Å². The Hall–Kier alpha value is -1.70. The van der Waals surface area contributed by atoms with Crippen LogP contribution in [0.2, 0.25) is 0 Å². The van der Waals surface area contributed by atoms with Crippen LogP contribution in [-0.4, -0.2) is 11.1 Å². The normalized spacial score (nSPS) is 10.4. The second-order valence-corrected chi connectivity index (χ2v) is 5.32. The Morgan fingerprint density at radius 3 is 2.55 bits per heavy atom. The van der Waals surface area contributed by atoms with Crippen molar-refractivity contribution in [1.82, 2.24) is 0 Å². The molecule has 2 aromatic carbocycles. The van der Waals surface area contributed by atoms with Crippen molar-refractivity contribution in [2.75, 3.05) is 5.32 Å². The lowest BCUT2D eigenvalue weighted by Gasteiger charge is -2.13. The molecule has 0 aliphatic rings. The first-order valence-electron chi connectivity index (χ1n) is 5.64. The number of benzene rings is 2. The molecule has 0 spiro atoms. The molecule has 0 saturated heterocycles. The number of nitrogens with one attached hydrogen (secondary N) is 1. The number of hydrogen-bond donors (Lipinski definition) is 2. The number of hydrogen-bond acceptors (Lipinski definition) is 2. The van der Waals surface area contributed by atoms with Crippen molar-refractivity contribution in [2.45, 2.75) is 6.92 Å². The van der Waals surface area contributed by atoms with Crippen molar-refractivity contribution < 1.29 is 18.7 Å². The van der Waals surface area contributed by atoms with Gasteiger partial charge in [-0.25, -0.2) is 13.6 Å². The van der Waals surface area contributed by atoms with E-state index >= 15 is 0 Å². The van der Waals surface area contributed by atoms with Crippen LogP contribution >= 0.6 is 22.6 Å². The SMILES string of the molecule is Cc1c(Nc2cc(F)ccc2C(=O)O)ccc(I)c1F. The first-order valence-corrected chi connectivity index (χ1v) is 6.72. The van der Waals surface area contributed by atoms with Crippen LogP contribution < -0.4 is 5.32 Å². The van der Waals surface area contributed by atoms with Gasteiger partial charge in [0.05, 0.1) is 11.3 Å². The maximum absolute atomic E-state index is 13.8. The molecule has 0 unspecified atom stereocenters. The fourth-order valence-corrected chi connectivity index (χ4v) is 2.32. The molecule has 0 fully saturated rings. The van der Waals surface area contributed by atoms with Gasteiger partial charge in [-0.05, 0) is 59.8 Å². The maximum atomic E-state index is 13.8. The minimum Gasteiger partial charge on any atom is -0.478 e. The van der Waals surface area contributed by atoms with E-state index in [1.807, 2.05) is 22.6 Å². The van der Waals surface area contributed by atoms with Crippen LogP contribution in [0.25, 0.3) is 0 Å². The van der Waals surface area contributed by atoms with Crippen LogP contribution in [0, 0.1) is 22.1 Å². The summed E-state index contributed by atoms with van der Waals surface area (Å²) < 4.78 is 27.5. The topological polar surface area (TPSA) is 49.3 Å². The summed E-state index contributed by atoms with van der Waals surface area (Å²) in [5, 5.41) is 11.8. The molecule has 0 aromatic heterocycles. The lowest BCUT2D eigenvalue weighted by atomic mass is 10.1. The molecule has 0 radical (unpaired) electrons. The summed E-state index contributed by atoms with van der Waals surface area (Å²) in [5.74, 6) is -2.14. The molecule has 2 rings (SSSR count). The number of carboxylic acid groups (broad SMARTS) is 1. The van der Waals surface area contributed by atoms with Gasteiger partial charge in [-0.3, -0.25) is 0 Å². The third-order valence-corrected chi connectivity index (χ3v) is 3.65. The summed E-state index contributed by atoms with van der Waals surface area (Å²) in [6.45, 7) is 1.57. The number of halogens is 3. The van der Waals surface area contributed by atoms with Gasteiger partial charge in [0.25, 0.3) is 0 Å². The highest BCUT2D eigenvalue weighted by Gasteiger charge is 2.14. The molecule has 0 aliphatic heterocycles. The van der Waals surface area contributed by atoms with Crippen LogP contribution in [0.4, 0.5) is 20.2 Å². The number of aromatic carboxylic acids is 1. The first-order chi connectivity index (χ1) is 9.40. The summed E-state index contributed by atoms with van der Waals surface area (Å²) >= 11 is 1.86. The van der Waals surface area contributed by atoms with Crippen LogP contribution in [0.15, 0.2) is 30.3 Å². The molecule has 20 heavy (non-hydrogen) atoms. The minimum absolute atomic E-state index is 0.0789. The van der Waals surface area contributed by atoms with E-state index < -0.39 is 11.8 Å². The molecule has 0 amide bonds. The Morgan fingerprint density at radius 1 is 1.20 bits per heavy atom. The van der Waals surface area contributed by atoms with Crippen LogP contribution in [-0.2, 0) is 0 Å². The van der Waals surface area contributed by atoms with Crippen LogP contribution in [0.5, 0.6) is 0 Å². The maximum Gasteiger partial charge on any atom is 0.337 e. The van der Waals surface area contributed by atoms with E-state index in [-0.39, 0.29) is 17.1 Å². The smallest absolute Gasteiger partial charge is 0.337 e. The van der Waals surface area contributed by atoms with Gasteiger partial charge in [-0.2, -0.15) is 0 Å². The fourth-order valence-electron chi connectivity index (χ4n) is 1.74. The second kappa shape index (κ2) is 5.74. The Kier molecular flexibility index (Phi) is 4.22. The van der Waals surface area contributed by atoms with E-state index in [0.717, 1.165) is 12.1 Å². The van der Waals surface area contributed by atoms with E-state index in [1.54, 1.807) is 19.1 Å². The Balaban J connectivity index is 2.47. The number of anilines is 2. The lowest BCUT2D eigenvalue weighted by Crippen LogP contribution is -2.05. The lowest BCUT2D eigenvalue weighted by molar-refractivity contribution is 0.0698. The van der Waals surface area contributed by atoms with E-state index in [2.05, 4.69) is 5.32 Å². The summed E-state index contributed by atoms with van der Waals surface area (Å²) in [7, 11) is 0. The van der Waals surface area contributed by atoms with Crippen LogP contribution in [0.3, 0.4) is 0 Å². The Bertz CT molecular complexity index is 689. The van der Waals surface area contributed by atoms with Gasteiger partial charge < -0.3 is 10.4 Å². The third-order valence-electron chi connectivity index (χ3n) is 2.82. The van der Waals surface area contributed by atoms with Crippen molar-refractivity contribution in [3.05, 3.63) is 56.7 Å². The van der Waals surface area contributed by atoms with Crippen molar-refractivity contribution in [1.29, 1.82) is 0 Å². The van der Waals surface area contributed by atoms with Gasteiger partial charge in [0, 0.05) is 14.8 Å². The predicted molar refractivity (Wildman–Crippen MR) is 80.5 cm³/mol. The summed E-state index contributed by atoms with van der Waals surface area (Å²) in [4.78, 5) is 11.1. The summed E-state index contributed by atoms with van der Waals surface area (Å²) in [6.07, 6.45) is 0. The summed E-state index contributed by atoms with van der Waals surface area (Å²) in [5.41, 5.74) is 0.750. The monoisotopic (exact) mass is 389 g/mol. The van der Waals surface area contributed by atoms with Crippen molar-refractivity contribution in [2.24, 2.45) is 0 Å². The van der Waals surface area contributed by atoms with E-state index in [0.29, 0.717) is 14.8 Å². The molecular formula is C14H10F2INO2. The predicted octanol–water partition coefficient (Wildman–Crippen LogP) is 4.32. The van der Waals surface area contributed by atoms with E-state index in [4.69, 9.17) is 5.11 Å². The molecule has 6 heteroatoms. The van der Waals surface area contributed by atoms with Gasteiger partial charge in [0.15, 0.2) is 0 Å². The zero-order valence-corrected chi connectivity index (χ0v) is 12.5. The fraction of sp³-hybridized carbons (Fsp3) is 0.0714. The highest BCUT2D eigenvalue weighted by atomic mass is 127. The quantitative estimate of drug-likeness (QED) is 0.769. The molecule has 2 aromatic rings. The average Bonchev–Trinajstić information content (AvgIpc) is 2.39. The molecule has 2 N–H and O–H groups in total. The van der Waals surface area contributed by atoms with Gasteiger partial charge in [0.2, 0.25) is 0 Å². The van der Waals surface area contributed by atoms with Crippen molar-refractivity contribution in [3.63, 3.8) is 0 Å². The molecular weight excluding hydrogens is 379 g/mol. The summed E-state index contributed by atoms with van der Waals surface area (Å²) in [6, 6.07) is 6.48. The van der Waals surface area contributed by atoms with Crippen molar-refractivity contribution in [3.8, 4) is 0 Å². The van der Waals surface area contributed by atoms with Gasteiger partial charge in [-0.1, -0.05) is 0 Å². The largest absolute Gasteiger partial charge is 0.478 e. The highest BCUT2D eigenvalue weighted by molar-refractivity contribution is 14.1. The molecule has 0 aliphatic carbocycles. The zero-order valence-electron chi connectivity index (χ0n) is 10.4. The third kappa shape index (κ3) is 2.90. The molecule has 0 heterocycles.